The molecule has 1 N–H and O–H groups in total. The molecule has 1 atom stereocenters. The number of aromatic nitrogens is 5. The van der Waals surface area contributed by atoms with Crippen molar-refractivity contribution in [3.05, 3.63) is 84.9 Å². The van der Waals surface area contributed by atoms with Crippen molar-refractivity contribution in [2.75, 3.05) is 31.7 Å². The van der Waals surface area contributed by atoms with Crippen molar-refractivity contribution in [3.8, 4) is 16.9 Å². The van der Waals surface area contributed by atoms with Crippen LogP contribution in [0.2, 0.25) is 0 Å². The second-order valence-electron chi connectivity index (χ2n) is 10.8. The number of benzene rings is 1. The fourth-order valence-electron chi connectivity index (χ4n) is 5.40. The summed E-state index contributed by atoms with van der Waals surface area (Å²) in [6, 6.07) is 11.9. The van der Waals surface area contributed by atoms with Gasteiger partial charge < -0.3 is 19.5 Å². The lowest BCUT2D eigenvalue weighted by molar-refractivity contribution is -0.150. The summed E-state index contributed by atoms with van der Waals surface area (Å²) in [7, 11) is 1.26. The fourth-order valence-corrected chi connectivity index (χ4v) is 5.40. The molecule has 0 unspecified atom stereocenters. The summed E-state index contributed by atoms with van der Waals surface area (Å²) >= 11 is 0. The summed E-state index contributed by atoms with van der Waals surface area (Å²) in [5, 5.41) is 20.7. The van der Waals surface area contributed by atoms with E-state index in [4.69, 9.17) is 24.7 Å². The van der Waals surface area contributed by atoms with Gasteiger partial charge in [-0.15, -0.1) is 13.2 Å². The van der Waals surface area contributed by atoms with Crippen molar-refractivity contribution in [2.45, 2.75) is 51.2 Å². The lowest BCUT2D eigenvalue weighted by Gasteiger charge is -2.40. The van der Waals surface area contributed by atoms with Crippen molar-refractivity contribution in [1.29, 1.82) is 0 Å². The van der Waals surface area contributed by atoms with Gasteiger partial charge in [0.25, 0.3) is 0 Å². The van der Waals surface area contributed by atoms with Gasteiger partial charge in [-0.25, -0.2) is 14.5 Å². The third-order valence-corrected chi connectivity index (χ3v) is 7.83. The molecule has 4 aromatic rings. The molecule has 1 aromatic carbocycles. The summed E-state index contributed by atoms with van der Waals surface area (Å²) in [6.07, 6.45) is 7.32. The van der Waals surface area contributed by atoms with Gasteiger partial charge in [-0.2, -0.15) is 14.7 Å². The molecule has 1 saturated heterocycles. The van der Waals surface area contributed by atoms with Gasteiger partial charge in [0.05, 0.1) is 42.0 Å². The Morgan fingerprint density at radius 3 is 2.67 bits per heavy atom. The number of piperidine rings is 1. The highest BCUT2D eigenvalue weighted by atomic mass is 16.5. The first-order valence-corrected chi connectivity index (χ1v) is 14.2. The van der Waals surface area contributed by atoms with Crippen LogP contribution in [0.3, 0.4) is 0 Å². The Morgan fingerprint density at radius 2 is 1.95 bits per heavy atom. The maximum atomic E-state index is 12.5. The van der Waals surface area contributed by atoms with E-state index in [1.54, 1.807) is 17.5 Å². The molecule has 1 aliphatic rings. The second-order valence-corrected chi connectivity index (χ2v) is 10.8. The van der Waals surface area contributed by atoms with Gasteiger partial charge in [0, 0.05) is 36.6 Å². The van der Waals surface area contributed by atoms with Crippen LogP contribution in [0, 0.1) is 6.92 Å². The van der Waals surface area contributed by atoms with Crippen LogP contribution in [-0.4, -0.2) is 67.9 Å². The Balaban J connectivity index is 1.55. The lowest BCUT2D eigenvalue weighted by atomic mass is 9.92. The monoisotopic (exact) mass is 570 g/mol. The van der Waals surface area contributed by atoms with Crippen LogP contribution in [0.1, 0.15) is 49.2 Å². The molecule has 1 aliphatic heterocycles. The van der Waals surface area contributed by atoms with Gasteiger partial charge in [-0.3, -0.25) is 0 Å². The van der Waals surface area contributed by atoms with Gasteiger partial charge >= 0.3 is 5.97 Å². The van der Waals surface area contributed by atoms with Gasteiger partial charge in [-0.1, -0.05) is 24.3 Å². The van der Waals surface area contributed by atoms with E-state index >= 15 is 0 Å². The Hall–Kier alpha value is -4.28. The number of carbonyl (C=O) groups excluding carboxylic acids is 1. The van der Waals surface area contributed by atoms with Crippen LogP contribution < -0.4 is 4.90 Å². The molecule has 0 bridgehead atoms. The van der Waals surface area contributed by atoms with Gasteiger partial charge in [0.15, 0.2) is 11.8 Å². The average molecular weight is 571 g/mol. The zero-order valence-corrected chi connectivity index (χ0v) is 24.5. The van der Waals surface area contributed by atoms with Crippen LogP contribution in [0.15, 0.2) is 67.9 Å². The normalized spacial score (nSPS) is 15.5. The number of carbonyl (C=O) groups is 1. The number of nitrogens with zero attached hydrogens (tertiary/aromatic N) is 6. The SMILES string of the molecule is C=CCCc1ccn(-c2cccc(-c3cc4nc(C)c([C@H](O)C(=O)OC)c(N5CCC(C)(OCC=C)CC5)n4n3)c2)n1. The maximum Gasteiger partial charge on any atom is 0.339 e. The van der Waals surface area contributed by atoms with Crippen molar-refractivity contribution >= 4 is 17.4 Å². The van der Waals surface area contributed by atoms with E-state index in [-0.39, 0.29) is 5.60 Å². The van der Waals surface area contributed by atoms with E-state index in [0.29, 0.717) is 48.1 Å². The zero-order valence-electron chi connectivity index (χ0n) is 24.5. The molecular weight excluding hydrogens is 532 g/mol. The first-order valence-electron chi connectivity index (χ1n) is 14.2. The van der Waals surface area contributed by atoms with E-state index in [0.717, 1.165) is 42.6 Å². The molecule has 10 nitrogen and oxygen atoms in total. The fraction of sp³-hybridized carbons (Fsp3) is 0.375. The number of aliphatic hydroxyl groups excluding tert-OH is 1. The molecule has 4 heterocycles. The largest absolute Gasteiger partial charge is 0.467 e. The third-order valence-electron chi connectivity index (χ3n) is 7.83. The number of aliphatic hydroxyl groups is 1. The molecule has 1 fully saturated rings. The van der Waals surface area contributed by atoms with Crippen molar-refractivity contribution in [2.24, 2.45) is 0 Å². The number of anilines is 1. The average Bonchev–Trinajstić information content (AvgIpc) is 3.66. The number of esters is 1. The summed E-state index contributed by atoms with van der Waals surface area (Å²) in [6.45, 7) is 13.2. The predicted octanol–water partition coefficient (Wildman–Crippen LogP) is 4.78. The minimum Gasteiger partial charge on any atom is -0.467 e. The molecular formula is C32H38N6O4. The minimum atomic E-state index is -1.50. The van der Waals surface area contributed by atoms with Crippen molar-refractivity contribution in [3.63, 3.8) is 0 Å². The lowest BCUT2D eigenvalue weighted by Crippen LogP contribution is -2.45. The molecule has 0 saturated carbocycles. The Bertz CT molecular complexity index is 1600. The van der Waals surface area contributed by atoms with Crippen LogP contribution >= 0.6 is 0 Å². The standard InChI is InChI=1S/C32H38N6O4/c1-6-8-11-24-13-16-37(34-24)25-12-9-10-23(20-25)26-21-27-33-22(3)28(29(39)31(40)41-5)30(38(27)35-26)36-17-14-32(4,15-18-36)42-19-7-2/h6-7,9-10,12-13,16,20-21,29,39H,1-2,8,11,14-15,17-19H2,3-5H3/t29-/m0/s1. The smallest absolute Gasteiger partial charge is 0.339 e. The van der Waals surface area contributed by atoms with Crippen LogP contribution in [-0.2, 0) is 20.7 Å². The zero-order chi connectivity index (χ0) is 29.9. The van der Waals surface area contributed by atoms with Gasteiger partial charge in [0.1, 0.15) is 5.82 Å². The number of rotatable bonds is 11. The van der Waals surface area contributed by atoms with Crippen LogP contribution in [0.25, 0.3) is 22.6 Å². The first-order chi connectivity index (χ1) is 20.3. The quantitative estimate of drug-likeness (QED) is 0.203. The molecule has 220 valence electrons. The number of ether oxygens (including phenoxy) is 2. The topological polar surface area (TPSA) is 107 Å². The molecule has 42 heavy (non-hydrogen) atoms. The number of hydrogen-bond acceptors (Lipinski definition) is 8. The number of methoxy groups -OCH3 is 1. The predicted molar refractivity (Wildman–Crippen MR) is 162 cm³/mol. The Kier molecular flexibility index (Phi) is 8.56. The number of aryl methyl sites for hydroxylation is 2. The van der Waals surface area contributed by atoms with Gasteiger partial charge in [-0.05, 0) is 57.7 Å². The van der Waals surface area contributed by atoms with E-state index in [9.17, 15) is 9.90 Å². The molecule has 0 radical (unpaired) electrons. The van der Waals surface area contributed by atoms with E-state index in [1.165, 1.54) is 7.11 Å². The summed E-state index contributed by atoms with van der Waals surface area (Å²) < 4.78 is 14.5. The Morgan fingerprint density at radius 1 is 1.17 bits per heavy atom. The molecule has 0 aliphatic carbocycles. The number of allylic oxidation sites excluding steroid dienone is 1. The summed E-state index contributed by atoms with van der Waals surface area (Å²) in [5.41, 5.74) is 4.77. The van der Waals surface area contributed by atoms with E-state index < -0.39 is 12.1 Å². The van der Waals surface area contributed by atoms with Crippen molar-refractivity contribution in [1.82, 2.24) is 24.4 Å². The second kappa shape index (κ2) is 12.3. The molecule has 0 spiro atoms. The van der Waals surface area contributed by atoms with E-state index in [2.05, 4.69) is 25.0 Å². The molecule has 10 heteroatoms. The van der Waals surface area contributed by atoms with Crippen LogP contribution in [0.4, 0.5) is 5.82 Å². The number of hydrogen-bond donors (Lipinski definition) is 1. The third kappa shape index (κ3) is 5.86. The number of fused-ring (bicyclic) bond motifs is 1. The van der Waals surface area contributed by atoms with Crippen LogP contribution in [0.5, 0.6) is 0 Å². The Labute approximate surface area is 245 Å². The highest BCUT2D eigenvalue weighted by Gasteiger charge is 2.35. The summed E-state index contributed by atoms with van der Waals surface area (Å²) in [5.74, 6) is -0.120. The highest BCUT2D eigenvalue weighted by molar-refractivity contribution is 5.80. The molecule has 5 rings (SSSR count). The maximum absolute atomic E-state index is 12.5. The minimum absolute atomic E-state index is 0.291. The van der Waals surface area contributed by atoms with Gasteiger partial charge in [0.2, 0.25) is 0 Å². The van der Waals surface area contributed by atoms with E-state index in [1.807, 2.05) is 53.4 Å². The summed E-state index contributed by atoms with van der Waals surface area (Å²) in [4.78, 5) is 19.4. The first kappa shape index (κ1) is 29.2. The highest BCUT2D eigenvalue weighted by Crippen LogP contribution is 2.36. The molecule has 0 amide bonds. The molecule has 3 aromatic heterocycles. The van der Waals surface area contributed by atoms with Crippen molar-refractivity contribution < 1.29 is 19.4 Å².